The normalized spacial score (nSPS) is 21.0. The molecule has 0 aliphatic carbocycles. The van der Waals surface area contributed by atoms with Crippen LogP contribution in [0.25, 0.3) is 0 Å². The van der Waals surface area contributed by atoms with Crippen molar-refractivity contribution in [3.05, 3.63) is 0 Å². The number of nitrogens with zero attached hydrogens (tertiary/aromatic N) is 1. The van der Waals surface area contributed by atoms with Gasteiger partial charge >= 0.3 is 0 Å². The number of nitrogens with one attached hydrogen (secondary N) is 1. The summed E-state index contributed by atoms with van der Waals surface area (Å²) in [5.41, 5.74) is 5.03. The van der Waals surface area contributed by atoms with Gasteiger partial charge in [-0.15, -0.1) is 0 Å². The molecule has 1 saturated heterocycles. The monoisotopic (exact) mass is 185 g/mol. The molecular weight excluding hydrogens is 174 g/mol. The van der Waals surface area contributed by atoms with Crippen molar-refractivity contribution in [3.63, 3.8) is 0 Å². The van der Waals surface area contributed by atoms with Gasteiger partial charge in [0.2, 0.25) is 17.7 Å². The zero-order valence-corrected chi connectivity index (χ0v) is 7.24. The molecule has 1 rings (SSSR count). The second-order valence-electron chi connectivity index (χ2n) is 2.95. The molecule has 0 aromatic rings. The predicted octanol–water partition coefficient (Wildman–Crippen LogP) is -2.18. The number of imide groups is 1. The van der Waals surface area contributed by atoms with Crippen LogP contribution in [-0.2, 0) is 14.4 Å². The third-order valence-corrected chi connectivity index (χ3v) is 1.93. The molecule has 1 fully saturated rings. The van der Waals surface area contributed by atoms with Crippen LogP contribution in [0.5, 0.6) is 0 Å². The molecule has 0 aromatic heterocycles. The van der Waals surface area contributed by atoms with Crippen LogP contribution in [0.3, 0.4) is 0 Å². The minimum atomic E-state index is -0.588. The van der Waals surface area contributed by atoms with Gasteiger partial charge in [0.15, 0.2) is 0 Å². The Labute approximate surface area is 75.1 Å². The molecule has 6 heteroatoms. The number of primary amides is 1. The van der Waals surface area contributed by atoms with Crippen molar-refractivity contribution in [2.45, 2.75) is 13.0 Å². The molecule has 0 saturated carbocycles. The maximum absolute atomic E-state index is 10.9. The highest BCUT2D eigenvalue weighted by atomic mass is 16.2. The fourth-order valence-electron chi connectivity index (χ4n) is 1.11. The van der Waals surface area contributed by atoms with Gasteiger partial charge in [-0.2, -0.15) is 0 Å². The maximum atomic E-state index is 10.9. The summed E-state index contributed by atoms with van der Waals surface area (Å²) in [7, 11) is 0. The molecule has 6 nitrogen and oxygen atoms in total. The minimum Gasteiger partial charge on any atom is -0.368 e. The topological polar surface area (TPSA) is 92.5 Å². The highest BCUT2D eigenvalue weighted by Crippen LogP contribution is 2.01. The Balaban J connectivity index is 2.65. The first-order valence-electron chi connectivity index (χ1n) is 3.86. The summed E-state index contributed by atoms with van der Waals surface area (Å²) in [5, 5.41) is 2.13. The number of piperazine rings is 1. The largest absolute Gasteiger partial charge is 0.368 e. The fourth-order valence-corrected chi connectivity index (χ4v) is 1.11. The molecule has 0 unspecified atom stereocenters. The molecule has 72 valence electrons. The van der Waals surface area contributed by atoms with Gasteiger partial charge in [-0.05, 0) is 6.92 Å². The Morgan fingerprint density at radius 2 is 1.92 bits per heavy atom. The van der Waals surface area contributed by atoms with E-state index in [-0.39, 0.29) is 13.1 Å². The second kappa shape index (κ2) is 3.53. The molecular formula is C7H11N3O3. The number of hydrogen-bond donors (Lipinski definition) is 2. The fraction of sp³-hybridized carbons (Fsp3) is 0.571. The summed E-state index contributed by atoms with van der Waals surface area (Å²) in [6.45, 7) is 1.64. The van der Waals surface area contributed by atoms with Gasteiger partial charge in [-0.25, -0.2) is 0 Å². The van der Waals surface area contributed by atoms with Gasteiger partial charge < -0.3 is 5.73 Å². The number of nitrogens with two attached hydrogens (primary N) is 1. The maximum Gasteiger partial charge on any atom is 0.240 e. The van der Waals surface area contributed by atoms with Gasteiger partial charge in [-0.3, -0.25) is 24.6 Å². The van der Waals surface area contributed by atoms with E-state index in [2.05, 4.69) is 5.32 Å². The minimum absolute atomic E-state index is 0.0375. The van der Waals surface area contributed by atoms with Gasteiger partial charge in [-0.1, -0.05) is 0 Å². The Kier molecular flexibility index (Phi) is 2.62. The van der Waals surface area contributed by atoms with Crippen LogP contribution in [0.2, 0.25) is 0 Å². The van der Waals surface area contributed by atoms with Gasteiger partial charge in [0.25, 0.3) is 0 Å². The van der Waals surface area contributed by atoms with Gasteiger partial charge in [0, 0.05) is 0 Å². The predicted molar refractivity (Wildman–Crippen MR) is 43.4 cm³/mol. The third-order valence-electron chi connectivity index (χ3n) is 1.93. The lowest BCUT2D eigenvalue weighted by Crippen LogP contribution is -2.56. The number of carbonyl (C=O) groups is 3. The quantitative estimate of drug-likeness (QED) is 0.478. The molecule has 3 amide bonds. The van der Waals surface area contributed by atoms with Crippen molar-refractivity contribution in [1.29, 1.82) is 0 Å². The van der Waals surface area contributed by atoms with Crippen molar-refractivity contribution < 1.29 is 14.4 Å². The van der Waals surface area contributed by atoms with Crippen LogP contribution in [0.15, 0.2) is 0 Å². The smallest absolute Gasteiger partial charge is 0.240 e. The van der Waals surface area contributed by atoms with E-state index in [4.69, 9.17) is 5.73 Å². The molecule has 0 bridgehead atoms. The Morgan fingerprint density at radius 1 is 1.46 bits per heavy atom. The lowest BCUT2D eigenvalue weighted by molar-refractivity contribution is -0.138. The number of carbonyl (C=O) groups excluding carboxylic acids is 3. The summed E-state index contributed by atoms with van der Waals surface area (Å²) in [6.07, 6.45) is 0. The van der Waals surface area contributed by atoms with E-state index < -0.39 is 23.8 Å². The average Bonchev–Trinajstić information content (AvgIpc) is 2.01. The number of rotatable bonds is 2. The lowest BCUT2D eigenvalue weighted by atomic mass is 10.2. The second-order valence-corrected chi connectivity index (χ2v) is 2.95. The van der Waals surface area contributed by atoms with Crippen LogP contribution in [0.1, 0.15) is 6.92 Å². The molecule has 0 spiro atoms. The molecule has 1 atom stereocenters. The van der Waals surface area contributed by atoms with Crippen LogP contribution in [0, 0.1) is 0 Å². The molecule has 1 heterocycles. The first kappa shape index (κ1) is 9.66. The molecule has 13 heavy (non-hydrogen) atoms. The molecule has 0 radical (unpaired) electrons. The summed E-state index contributed by atoms with van der Waals surface area (Å²) in [5.74, 6) is -1.34. The molecule has 0 aromatic carbocycles. The van der Waals surface area contributed by atoms with Crippen LogP contribution in [0.4, 0.5) is 0 Å². The van der Waals surface area contributed by atoms with E-state index in [9.17, 15) is 14.4 Å². The van der Waals surface area contributed by atoms with E-state index in [0.29, 0.717) is 0 Å². The zero-order chi connectivity index (χ0) is 10.0. The van der Waals surface area contributed by atoms with Crippen molar-refractivity contribution in [1.82, 2.24) is 10.2 Å². The van der Waals surface area contributed by atoms with Crippen LogP contribution in [-0.4, -0.2) is 41.8 Å². The number of hydrogen-bond acceptors (Lipinski definition) is 4. The highest BCUT2D eigenvalue weighted by molar-refractivity contribution is 5.99. The molecule has 1 aliphatic heterocycles. The van der Waals surface area contributed by atoms with Crippen molar-refractivity contribution in [2.75, 3.05) is 13.1 Å². The Hall–Kier alpha value is -1.43. The summed E-state index contributed by atoms with van der Waals surface area (Å²) in [6, 6.07) is -0.588. The molecule has 1 aliphatic rings. The summed E-state index contributed by atoms with van der Waals surface area (Å²) >= 11 is 0. The first-order chi connectivity index (χ1) is 6.00. The van der Waals surface area contributed by atoms with Crippen molar-refractivity contribution in [2.24, 2.45) is 5.73 Å². The Bertz CT molecular complexity index is 248. The van der Waals surface area contributed by atoms with Crippen LogP contribution >= 0.6 is 0 Å². The summed E-state index contributed by atoms with van der Waals surface area (Å²) in [4.78, 5) is 34.0. The van der Waals surface area contributed by atoms with E-state index >= 15 is 0 Å². The van der Waals surface area contributed by atoms with E-state index in [0.717, 1.165) is 0 Å². The standard InChI is InChI=1S/C7H11N3O3/c1-4(7(8)13)10-2-5(11)9-6(12)3-10/h4H,2-3H2,1H3,(H2,8,13)(H,9,11,12)/t4-/m1/s1. The van der Waals surface area contributed by atoms with Crippen LogP contribution < -0.4 is 11.1 Å². The van der Waals surface area contributed by atoms with E-state index in [1.54, 1.807) is 6.92 Å². The SMILES string of the molecule is C[C@H](C(N)=O)N1CC(=O)NC(=O)C1. The van der Waals surface area contributed by atoms with Gasteiger partial charge in [0.05, 0.1) is 19.1 Å². The highest BCUT2D eigenvalue weighted by Gasteiger charge is 2.28. The van der Waals surface area contributed by atoms with Gasteiger partial charge in [0.1, 0.15) is 0 Å². The van der Waals surface area contributed by atoms with E-state index in [1.807, 2.05) is 0 Å². The average molecular weight is 185 g/mol. The zero-order valence-electron chi connectivity index (χ0n) is 7.24. The van der Waals surface area contributed by atoms with Crippen molar-refractivity contribution in [3.8, 4) is 0 Å². The lowest BCUT2D eigenvalue weighted by Gasteiger charge is -2.28. The van der Waals surface area contributed by atoms with Crippen molar-refractivity contribution >= 4 is 17.7 Å². The Morgan fingerprint density at radius 3 is 2.31 bits per heavy atom. The van der Waals surface area contributed by atoms with E-state index in [1.165, 1.54) is 4.90 Å². The molecule has 3 N–H and O–H groups in total. The number of amides is 3. The summed E-state index contributed by atoms with van der Waals surface area (Å²) < 4.78 is 0. The third kappa shape index (κ3) is 2.25. The first-order valence-corrected chi connectivity index (χ1v) is 3.86.